The van der Waals surface area contributed by atoms with Crippen LogP contribution in [-0.4, -0.2) is 31.1 Å². The molecule has 1 heterocycles. The van der Waals surface area contributed by atoms with Crippen LogP contribution in [0.5, 0.6) is 0 Å². The third-order valence-electron chi connectivity index (χ3n) is 4.23. The zero-order valence-corrected chi connectivity index (χ0v) is 10.7. The van der Waals surface area contributed by atoms with Crippen LogP contribution in [-0.2, 0) is 19.4 Å². The molecule has 17 heavy (non-hydrogen) atoms. The molecule has 2 nitrogen and oxygen atoms in total. The maximum absolute atomic E-state index is 3.34. The summed E-state index contributed by atoms with van der Waals surface area (Å²) in [5.41, 5.74) is 4.68. The summed E-state index contributed by atoms with van der Waals surface area (Å²) in [6, 6.07) is 7.87. The van der Waals surface area contributed by atoms with Crippen molar-refractivity contribution in [1.82, 2.24) is 10.2 Å². The number of benzene rings is 1. The largest absolute Gasteiger partial charge is 0.314 e. The molecule has 2 heteroatoms. The van der Waals surface area contributed by atoms with Crippen molar-refractivity contribution in [2.24, 2.45) is 0 Å². The van der Waals surface area contributed by atoms with Crippen molar-refractivity contribution in [2.45, 2.75) is 38.3 Å². The summed E-state index contributed by atoms with van der Waals surface area (Å²) in [5, 5.41) is 3.34. The molecule has 1 aliphatic heterocycles. The second-order valence-corrected chi connectivity index (χ2v) is 5.54. The summed E-state index contributed by atoms with van der Waals surface area (Å²) in [5.74, 6) is 0. The molecule has 1 aliphatic carbocycles. The molecule has 0 bridgehead atoms. The van der Waals surface area contributed by atoms with E-state index >= 15 is 0 Å². The van der Waals surface area contributed by atoms with Gasteiger partial charge in [0.2, 0.25) is 0 Å². The average Bonchev–Trinajstić information content (AvgIpc) is 2.26. The number of fused-ring (bicyclic) bond motifs is 1. The number of hydrogen-bond acceptors (Lipinski definition) is 2. The minimum Gasteiger partial charge on any atom is -0.314 e. The third-order valence-corrected chi connectivity index (χ3v) is 4.23. The summed E-state index contributed by atoms with van der Waals surface area (Å²) in [6.45, 7) is 3.41. The molecule has 1 saturated heterocycles. The Bertz CT molecular complexity index is 396. The van der Waals surface area contributed by atoms with E-state index in [1.54, 1.807) is 11.1 Å². The number of aryl methyl sites for hydroxylation is 2. The van der Waals surface area contributed by atoms with E-state index in [1.165, 1.54) is 31.2 Å². The second kappa shape index (κ2) is 4.79. The molecule has 0 unspecified atom stereocenters. The fourth-order valence-electron chi connectivity index (χ4n) is 2.89. The van der Waals surface area contributed by atoms with Gasteiger partial charge in [0.1, 0.15) is 0 Å². The van der Waals surface area contributed by atoms with Crippen LogP contribution < -0.4 is 5.32 Å². The maximum atomic E-state index is 3.34. The highest BCUT2D eigenvalue weighted by Crippen LogP contribution is 2.23. The van der Waals surface area contributed by atoms with E-state index < -0.39 is 0 Å². The minimum atomic E-state index is 0.742. The number of likely N-dealkylation sites (N-methyl/N-ethyl adjacent to an activating group) is 1. The minimum absolute atomic E-state index is 0.742. The van der Waals surface area contributed by atoms with E-state index in [0.717, 1.165) is 25.7 Å². The highest BCUT2D eigenvalue weighted by molar-refractivity contribution is 5.33. The van der Waals surface area contributed by atoms with Crippen LogP contribution in [0.4, 0.5) is 0 Å². The lowest BCUT2D eigenvalue weighted by Gasteiger charge is -2.35. The fourth-order valence-corrected chi connectivity index (χ4v) is 2.89. The van der Waals surface area contributed by atoms with Crippen molar-refractivity contribution in [3.63, 3.8) is 0 Å². The van der Waals surface area contributed by atoms with Crippen LogP contribution in [0, 0.1) is 0 Å². The van der Waals surface area contributed by atoms with Crippen molar-refractivity contribution in [3.8, 4) is 0 Å². The van der Waals surface area contributed by atoms with Gasteiger partial charge in [-0.15, -0.1) is 0 Å². The van der Waals surface area contributed by atoms with E-state index in [4.69, 9.17) is 0 Å². The van der Waals surface area contributed by atoms with Crippen LogP contribution in [0.1, 0.15) is 29.5 Å². The number of rotatable bonds is 3. The Morgan fingerprint density at radius 2 is 1.94 bits per heavy atom. The highest BCUT2D eigenvalue weighted by Gasteiger charge is 2.21. The lowest BCUT2D eigenvalue weighted by molar-refractivity contribution is 0.173. The molecule has 1 aromatic rings. The molecule has 0 amide bonds. The third kappa shape index (κ3) is 2.38. The van der Waals surface area contributed by atoms with E-state index in [1.807, 2.05) is 0 Å². The van der Waals surface area contributed by atoms with Gasteiger partial charge in [0.15, 0.2) is 0 Å². The van der Waals surface area contributed by atoms with E-state index in [2.05, 4.69) is 35.5 Å². The summed E-state index contributed by atoms with van der Waals surface area (Å²) in [7, 11) is 2.24. The molecule has 0 spiro atoms. The van der Waals surface area contributed by atoms with Crippen LogP contribution in [0.2, 0.25) is 0 Å². The zero-order valence-electron chi connectivity index (χ0n) is 10.7. The van der Waals surface area contributed by atoms with Gasteiger partial charge in [-0.3, -0.25) is 4.90 Å². The predicted octanol–water partition coefficient (Wildman–Crippen LogP) is 1.97. The predicted molar refractivity (Wildman–Crippen MR) is 71.2 cm³/mol. The van der Waals surface area contributed by atoms with E-state index in [9.17, 15) is 0 Å². The Morgan fingerprint density at radius 1 is 1.18 bits per heavy atom. The molecular weight excluding hydrogens is 208 g/mol. The molecule has 1 aromatic carbocycles. The topological polar surface area (TPSA) is 15.3 Å². The number of nitrogens with zero attached hydrogens (tertiary/aromatic N) is 1. The lowest BCUT2D eigenvalue weighted by Crippen LogP contribution is -2.55. The van der Waals surface area contributed by atoms with Gasteiger partial charge in [0.05, 0.1) is 0 Å². The molecule has 1 fully saturated rings. The van der Waals surface area contributed by atoms with Gasteiger partial charge < -0.3 is 5.32 Å². The van der Waals surface area contributed by atoms with E-state index in [0.29, 0.717) is 0 Å². The summed E-state index contributed by atoms with van der Waals surface area (Å²) in [6.07, 6.45) is 5.33. The standard InChI is InChI=1S/C15H22N2/c1-17(15-9-16-10-15)11-12-6-7-13-4-2-3-5-14(13)8-12/h6-8,15-16H,2-5,9-11H2,1H3. The van der Waals surface area contributed by atoms with Gasteiger partial charge in [-0.05, 0) is 49.4 Å². The Morgan fingerprint density at radius 3 is 2.65 bits per heavy atom. The average molecular weight is 230 g/mol. The summed E-state index contributed by atoms with van der Waals surface area (Å²) < 4.78 is 0. The smallest absolute Gasteiger partial charge is 0.0345 e. The van der Waals surface area contributed by atoms with E-state index in [-0.39, 0.29) is 0 Å². The van der Waals surface area contributed by atoms with Gasteiger partial charge in [-0.2, -0.15) is 0 Å². The first kappa shape index (κ1) is 11.2. The Labute approximate surface area is 104 Å². The van der Waals surface area contributed by atoms with Crippen LogP contribution in [0.3, 0.4) is 0 Å². The van der Waals surface area contributed by atoms with Gasteiger partial charge in [-0.1, -0.05) is 18.2 Å². The zero-order chi connectivity index (χ0) is 11.7. The normalized spacial score (nSPS) is 20.1. The molecule has 2 aliphatic rings. The van der Waals surface area contributed by atoms with Gasteiger partial charge in [0, 0.05) is 25.7 Å². The second-order valence-electron chi connectivity index (χ2n) is 5.54. The lowest BCUT2D eigenvalue weighted by atomic mass is 9.90. The van der Waals surface area contributed by atoms with Crippen LogP contribution >= 0.6 is 0 Å². The fraction of sp³-hybridized carbons (Fsp3) is 0.600. The molecular formula is C15H22N2. The van der Waals surface area contributed by atoms with Gasteiger partial charge in [0.25, 0.3) is 0 Å². The van der Waals surface area contributed by atoms with Crippen molar-refractivity contribution < 1.29 is 0 Å². The summed E-state index contributed by atoms with van der Waals surface area (Å²) >= 11 is 0. The molecule has 0 aromatic heterocycles. The van der Waals surface area contributed by atoms with Crippen molar-refractivity contribution in [2.75, 3.05) is 20.1 Å². The molecule has 0 atom stereocenters. The first-order chi connectivity index (χ1) is 8.33. The first-order valence-electron chi connectivity index (χ1n) is 6.84. The summed E-state index contributed by atoms with van der Waals surface area (Å²) in [4.78, 5) is 2.47. The Kier molecular flexibility index (Phi) is 3.17. The number of hydrogen-bond donors (Lipinski definition) is 1. The molecule has 92 valence electrons. The van der Waals surface area contributed by atoms with Gasteiger partial charge >= 0.3 is 0 Å². The highest BCUT2D eigenvalue weighted by atomic mass is 15.2. The number of nitrogens with one attached hydrogen (secondary N) is 1. The molecule has 3 rings (SSSR count). The maximum Gasteiger partial charge on any atom is 0.0345 e. The molecule has 0 radical (unpaired) electrons. The van der Waals surface area contributed by atoms with Crippen LogP contribution in [0.25, 0.3) is 0 Å². The Hall–Kier alpha value is -0.860. The van der Waals surface area contributed by atoms with Crippen LogP contribution in [0.15, 0.2) is 18.2 Å². The quantitative estimate of drug-likeness (QED) is 0.854. The molecule has 0 saturated carbocycles. The van der Waals surface area contributed by atoms with Crippen molar-refractivity contribution in [3.05, 3.63) is 34.9 Å². The van der Waals surface area contributed by atoms with Gasteiger partial charge in [-0.25, -0.2) is 0 Å². The molecule has 1 N–H and O–H groups in total. The Balaban J connectivity index is 1.70. The SMILES string of the molecule is CN(Cc1ccc2c(c1)CCCC2)C1CNC1. The monoisotopic (exact) mass is 230 g/mol. The van der Waals surface area contributed by atoms with Crippen molar-refractivity contribution >= 4 is 0 Å². The van der Waals surface area contributed by atoms with Crippen molar-refractivity contribution in [1.29, 1.82) is 0 Å². The first-order valence-corrected chi connectivity index (χ1v) is 6.84.